The third-order valence-electron chi connectivity index (χ3n) is 3.83. The number of urea groups is 1. The third-order valence-corrected chi connectivity index (χ3v) is 4.75. The largest absolute Gasteiger partial charge is 0.467 e. The second-order valence-electron chi connectivity index (χ2n) is 5.69. The van der Waals surface area contributed by atoms with Crippen molar-refractivity contribution in [1.82, 2.24) is 30.8 Å². The summed E-state index contributed by atoms with van der Waals surface area (Å²) in [6.07, 6.45) is 1.51. The number of carbonyl (C=O) groups excluding carboxylic acids is 2. The quantitative estimate of drug-likeness (QED) is 0.623. The predicted molar refractivity (Wildman–Crippen MR) is 98.4 cm³/mol. The number of carbonyl (C=O) groups is 2. The van der Waals surface area contributed by atoms with E-state index in [-0.39, 0.29) is 12.3 Å². The first-order valence-electron chi connectivity index (χ1n) is 8.12. The Bertz CT molecular complexity index is 938. The van der Waals surface area contributed by atoms with Crippen LogP contribution in [-0.4, -0.2) is 37.9 Å². The van der Waals surface area contributed by atoms with Crippen molar-refractivity contribution in [1.29, 1.82) is 0 Å². The molecule has 0 fully saturated rings. The smallest absolute Gasteiger partial charge is 0.321 e. The van der Waals surface area contributed by atoms with Gasteiger partial charge in [0.2, 0.25) is 11.1 Å². The molecule has 9 nitrogen and oxygen atoms in total. The fourth-order valence-electron chi connectivity index (χ4n) is 2.30. The van der Waals surface area contributed by atoms with Gasteiger partial charge in [0.05, 0.1) is 24.2 Å². The molecule has 0 spiro atoms. The Morgan fingerprint density at radius 3 is 2.85 bits per heavy atom. The SMILES string of the molecule is Cc1cccc(-n2nnnc2SCC(=O)NC(=O)NCc2ccco2)c1C. The predicted octanol–water partition coefficient (Wildman–Crippen LogP) is 1.99. The first-order valence-corrected chi connectivity index (χ1v) is 9.11. The second-order valence-corrected chi connectivity index (χ2v) is 6.63. The van der Waals surface area contributed by atoms with Crippen LogP contribution in [0.15, 0.2) is 46.2 Å². The summed E-state index contributed by atoms with van der Waals surface area (Å²) in [6.45, 7) is 4.19. The van der Waals surface area contributed by atoms with Crippen molar-refractivity contribution in [3.8, 4) is 5.69 Å². The van der Waals surface area contributed by atoms with Gasteiger partial charge in [0, 0.05) is 0 Å². The normalized spacial score (nSPS) is 10.6. The van der Waals surface area contributed by atoms with Crippen molar-refractivity contribution in [3.63, 3.8) is 0 Å². The van der Waals surface area contributed by atoms with E-state index in [9.17, 15) is 9.59 Å². The van der Waals surface area contributed by atoms with Crippen LogP contribution in [0.2, 0.25) is 0 Å². The number of aryl methyl sites for hydroxylation is 1. The highest BCUT2D eigenvalue weighted by Crippen LogP contribution is 2.22. The van der Waals surface area contributed by atoms with Gasteiger partial charge >= 0.3 is 6.03 Å². The van der Waals surface area contributed by atoms with Crippen molar-refractivity contribution in [2.45, 2.75) is 25.5 Å². The number of imide groups is 1. The van der Waals surface area contributed by atoms with Crippen LogP contribution in [0.25, 0.3) is 5.69 Å². The highest BCUT2D eigenvalue weighted by molar-refractivity contribution is 7.99. The van der Waals surface area contributed by atoms with E-state index in [0.717, 1.165) is 28.6 Å². The van der Waals surface area contributed by atoms with Gasteiger partial charge in [0.1, 0.15) is 5.76 Å². The molecule has 0 bridgehead atoms. The number of nitrogens with one attached hydrogen (secondary N) is 2. The molecule has 0 radical (unpaired) electrons. The molecule has 0 saturated heterocycles. The van der Waals surface area contributed by atoms with Crippen molar-refractivity contribution >= 4 is 23.7 Å². The summed E-state index contributed by atoms with van der Waals surface area (Å²) < 4.78 is 6.68. The third kappa shape index (κ3) is 4.73. The number of thioether (sulfide) groups is 1. The Labute approximate surface area is 159 Å². The average Bonchev–Trinajstić information content (AvgIpc) is 3.32. The lowest BCUT2D eigenvalue weighted by Crippen LogP contribution is -2.39. The topological polar surface area (TPSA) is 115 Å². The maximum absolute atomic E-state index is 12.0. The Balaban J connectivity index is 1.54. The minimum absolute atomic E-state index is 0.000587. The molecule has 0 unspecified atom stereocenters. The monoisotopic (exact) mass is 386 g/mol. The lowest BCUT2D eigenvalue weighted by atomic mass is 10.1. The summed E-state index contributed by atoms with van der Waals surface area (Å²) in [5, 5.41) is 16.9. The Morgan fingerprint density at radius 1 is 1.22 bits per heavy atom. The minimum Gasteiger partial charge on any atom is -0.467 e. The van der Waals surface area contributed by atoms with Crippen LogP contribution in [0.1, 0.15) is 16.9 Å². The summed E-state index contributed by atoms with van der Waals surface area (Å²) in [5.74, 6) is 0.145. The van der Waals surface area contributed by atoms with Crippen LogP contribution < -0.4 is 10.6 Å². The molecule has 1 aromatic carbocycles. The molecule has 0 aliphatic rings. The van der Waals surface area contributed by atoms with Crippen LogP contribution in [0.4, 0.5) is 4.79 Å². The summed E-state index contributed by atoms with van der Waals surface area (Å²) in [7, 11) is 0. The lowest BCUT2D eigenvalue weighted by molar-refractivity contribution is -0.117. The van der Waals surface area contributed by atoms with Gasteiger partial charge < -0.3 is 9.73 Å². The molecule has 0 atom stereocenters. The van der Waals surface area contributed by atoms with Gasteiger partial charge in [0.15, 0.2) is 0 Å². The molecule has 10 heteroatoms. The Kier molecular flexibility index (Phi) is 5.87. The van der Waals surface area contributed by atoms with Gasteiger partial charge in [-0.15, -0.1) is 5.10 Å². The van der Waals surface area contributed by atoms with Crippen LogP contribution in [0, 0.1) is 13.8 Å². The van der Waals surface area contributed by atoms with Crippen molar-refractivity contribution in [2.75, 3.05) is 5.75 Å². The van der Waals surface area contributed by atoms with Crippen LogP contribution in [-0.2, 0) is 11.3 Å². The zero-order valence-electron chi connectivity index (χ0n) is 14.8. The molecule has 0 aliphatic carbocycles. The number of furan rings is 1. The molecule has 27 heavy (non-hydrogen) atoms. The Morgan fingerprint density at radius 2 is 2.07 bits per heavy atom. The highest BCUT2D eigenvalue weighted by Gasteiger charge is 2.15. The summed E-state index contributed by atoms with van der Waals surface area (Å²) in [4.78, 5) is 23.7. The molecule has 3 rings (SSSR count). The molecular weight excluding hydrogens is 368 g/mol. The van der Waals surface area contributed by atoms with E-state index in [0.29, 0.717) is 10.9 Å². The van der Waals surface area contributed by atoms with E-state index in [4.69, 9.17) is 4.42 Å². The average molecular weight is 386 g/mol. The van der Waals surface area contributed by atoms with E-state index in [1.165, 1.54) is 6.26 Å². The number of benzene rings is 1. The van der Waals surface area contributed by atoms with E-state index < -0.39 is 11.9 Å². The molecular formula is C17H18N6O3S. The van der Waals surface area contributed by atoms with E-state index in [1.54, 1.807) is 16.8 Å². The maximum Gasteiger partial charge on any atom is 0.321 e. The summed E-state index contributed by atoms with van der Waals surface area (Å²) >= 11 is 1.15. The van der Waals surface area contributed by atoms with Crippen molar-refractivity contribution in [2.24, 2.45) is 0 Å². The standard InChI is InChI=1S/C17H18N6O3S/c1-11-5-3-7-14(12(11)2)23-17(20-21-22-23)27-10-15(24)19-16(25)18-9-13-6-4-8-26-13/h3-8H,9-10H2,1-2H3,(H2,18,19,24,25). The molecule has 140 valence electrons. The molecule has 0 aliphatic heterocycles. The number of aromatic nitrogens is 4. The van der Waals surface area contributed by atoms with Gasteiger partial charge in [0.25, 0.3) is 0 Å². The van der Waals surface area contributed by atoms with E-state index in [2.05, 4.69) is 26.2 Å². The molecule has 0 saturated carbocycles. The van der Waals surface area contributed by atoms with Crippen LogP contribution in [0.3, 0.4) is 0 Å². The number of tetrazole rings is 1. The van der Waals surface area contributed by atoms with E-state index >= 15 is 0 Å². The molecule has 2 aromatic heterocycles. The summed E-state index contributed by atoms with van der Waals surface area (Å²) in [5.41, 5.74) is 3.01. The maximum atomic E-state index is 12.0. The minimum atomic E-state index is -0.592. The van der Waals surface area contributed by atoms with Gasteiger partial charge in [-0.05, 0) is 53.6 Å². The van der Waals surface area contributed by atoms with Crippen molar-refractivity contribution in [3.05, 3.63) is 53.5 Å². The zero-order valence-corrected chi connectivity index (χ0v) is 15.6. The molecule has 2 heterocycles. The number of hydrogen-bond acceptors (Lipinski definition) is 7. The zero-order chi connectivity index (χ0) is 19.2. The van der Waals surface area contributed by atoms with E-state index in [1.807, 2.05) is 32.0 Å². The fraction of sp³-hybridized carbons (Fsp3) is 0.235. The number of hydrogen-bond donors (Lipinski definition) is 2. The fourth-order valence-corrected chi connectivity index (χ4v) is 2.99. The number of rotatable bonds is 6. The number of nitrogens with zero attached hydrogens (tertiary/aromatic N) is 4. The first-order chi connectivity index (χ1) is 13.0. The van der Waals surface area contributed by atoms with Gasteiger partial charge in [-0.25, -0.2) is 4.79 Å². The first kappa shape index (κ1) is 18.6. The Hall–Kier alpha value is -3.14. The summed E-state index contributed by atoms with van der Waals surface area (Å²) in [6, 6.07) is 8.69. The van der Waals surface area contributed by atoms with Gasteiger partial charge in [-0.3, -0.25) is 10.1 Å². The molecule has 2 N–H and O–H groups in total. The van der Waals surface area contributed by atoms with Crippen LogP contribution in [0.5, 0.6) is 0 Å². The van der Waals surface area contributed by atoms with Crippen LogP contribution >= 0.6 is 11.8 Å². The van der Waals surface area contributed by atoms with Crippen molar-refractivity contribution < 1.29 is 14.0 Å². The lowest BCUT2D eigenvalue weighted by Gasteiger charge is -2.09. The van der Waals surface area contributed by atoms with Gasteiger partial charge in [-0.1, -0.05) is 23.9 Å². The second kappa shape index (κ2) is 8.49. The highest BCUT2D eigenvalue weighted by atomic mass is 32.2. The van der Waals surface area contributed by atoms with Gasteiger partial charge in [-0.2, -0.15) is 4.68 Å². The molecule has 3 aromatic rings. The number of amides is 3. The molecule has 3 amide bonds.